The molecule has 0 saturated heterocycles. The molecule has 2 aromatic heterocycles. The predicted octanol–water partition coefficient (Wildman–Crippen LogP) is 2.98. The fourth-order valence-corrected chi connectivity index (χ4v) is 2.23. The molecule has 2 aromatic rings. The van der Waals surface area contributed by atoms with Crippen molar-refractivity contribution in [1.29, 1.82) is 0 Å². The van der Waals surface area contributed by atoms with Crippen LogP contribution in [0.1, 0.15) is 25.0 Å². The molecule has 1 aliphatic rings. The largest absolute Gasteiger partial charge is 0.472 e. The Balaban J connectivity index is 2.42. The van der Waals surface area contributed by atoms with E-state index in [2.05, 4.69) is 24.9 Å². The van der Waals surface area contributed by atoms with Crippen LogP contribution >= 0.6 is 0 Å². The fourth-order valence-electron chi connectivity index (χ4n) is 2.23. The van der Waals surface area contributed by atoms with Gasteiger partial charge in [0.05, 0.1) is 18.2 Å². The molecule has 3 rings (SSSR count). The van der Waals surface area contributed by atoms with Gasteiger partial charge in [0.1, 0.15) is 0 Å². The van der Waals surface area contributed by atoms with Crippen LogP contribution in [0.15, 0.2) is 35.3 Å². The molecule has 0 spiro atoms. The van der Waals surface area contributed by atoms with Crippen molar-refractivity contribution in [2.75, 3.05) is 0 Å². The van der Waals surface area contributed by atoms with Gasteiger partial charge in [0.25, 0.3) is 0 Å². The summed E-state index contributed by atoms with van der Waals surface area (Å²) >= 11 is 0. The maximum atomic E-state index is 5.24. The van der Waals surface area contributed by atoms with E-state index in [1.165, 1.54) is 11.1 Å². The second-order valence-corrected chi connectivity index (χ2v) is 4.22. The van der Waals surface area contributed by atoms with E-state index < -0.39 is 0 Å². The summed E-state index contributed by atoms with van der Waals surface area (Å²) in [4.78, 5) is 4.41. The lowest BCUT2D eigenvalue weighted by Gasteiger charge is -2.18. The summed E-state index contributed by atoms with van der Waals surface area (Å²) < 4.78 is 5.24. The Morgan fingerprint density at radius 1 is 1.21 bits per heavy atom. The number of nitrogens with zero attached hydrogens (tertiary/aromatic N) is 1. The van der Waals surface area contributed by atoms with Crippen molar-refractivity contribution >= 4 is 0 Å². The van der Waals surface area contributed by atoms with Gasteiger partial charge in [0, 0.05) is 22.7 Å². The molecule has 0 radical (unpaired) electrons. The standard InChI is InChI=1S/C12H11NO/c1-12(2)9-4-3-5-13-11(9)8-6-14-7-10(8)12/h3-7H,1-2H3. The van der Waals surface area contributed by atoms with Gasteiger partial charge >= 0.3 is 0 Å². The van der Waals surface area contributed by atoms with Gasteiger partial charge in [-0.05, 0) is 11.6 Å². The maximum absolute atomic E-state index is 5.24. The molecule has 0 amide bonds. The molecule has 0 saturated carbocycles. The number of hydrogen-bond acceptors (Lipinski definition) is 2. The van der Waals surface area contributed by atoms with Crippen molar-refractivity contribution in [1.82, 2.24) is 4.98 Å². The Hall–Kier alpha value is -1.57. The summed E-state index contributed by atoms with van der Waals surface area (Å²) in [7, 11) is 0. The lowest BCUT2D eigenvalue weighted by atomic mass is 9.84. The normalized spacial score (nSPS) is 16.4. The molecule has 0 atom stereocenters. The Labute approximate surface area is 82.6 Å². The minimum absolute atomic E-state index is 0.0337. The molecule has 14 heavy (non-hydrogen) atoms. The highest BCUT2D eigenvalue weighted by Crippen LogP contribution is 2.47. The average Bonchev–Trinajstić information content (AvgIpc) is 2.72. The molecule has 0 aromatic carbocycles. The second kappa shape index (κ2) is 2.27. The SMILES string of the molecule is CC1(C)c2cocc2-c2ncccc21. The summed E-state index contributed by atoms with van der Waals surface area (Å²) in [6.45, 7) is 4.41. The lowest BCUT2D eigenvalue weighted by molar-refractivity contribution is 0.547. The van der Waals surface area contributed by atoms with E-state index in [0.29, 0.717) is 0 Å². The van der Waals surface area contributed by atoms with Gasteiger partial charge in [-0.15, -0.1) is 0 Å². The third-order valence-corrected chi connectivity index (χ3v) is 3.07. The number of hydrogen-bond donors (Lipinski definition) is 0. The van der Waals surface area contributed by atoms with Crippen molar-refractivity contribution in [2.24, 2.45) is 0 Å². The van der Waals surface area contributed by atoms with Crippen LogP contribution in [0.4, 0.5) is 0 Å². The van der Waals surface area contributed by atoms with Crippen molar-refractivity contribution in [3.05, 3.63) is 42.0 Å². The second-order valence-electron chi connectivity index (χ2n) is 4.22. The first-order valence-corrected chi connectivity index (χ1v) is 4.74. The minimum atomic E-state index is 0.0337. The highest BCUT2D eigenvalue weighted by atomic mass is 16.3. The van der Waals surface area contributed by atoms with Crippen LogP contribution in [-0.4, -0.2) is 4.98 Å². The van der Waals surface area contributed by atoms with Crippen LogP contribution in [0.25, 0.3) is 11.3 Å². The molecule has 0 unspecified atom stereocenters. The fraction of sp³-hybridized carbons (Fsp3) is 0.250. The van der Waals surface area contributed by atoms with Crippen molar-refractivity contribution in [2.45, 2.75) is 19.3 Å². The van der Waals surface area contributed by atoms with Crippen LogP contribution < -0.4 is 0 Å². The molecular weight excluding hydrogens is 174 g/mol. The molecule has 1 aliphatic carbocycles. The molecule has 70 valence electrons. The molecule has 0 fully saturated rings. The van der Waals surface area contributed by atoms with Gasteiger partial charge in [-0.25, -0.2) is 0 Å². The highest BCUT2D eigenvalue weighted by molar-refractivity contribution is 5.76. The Morgan fingerprint density at radius 3 is 2.93 bits per heavy atom. The Kier molecular flexibility index (Phi) is 1.26. The van der Waals surface area contributed by atoms with Crippen LogP contribution in [0.2, 0.25) is 0 Å². The zero-order valence-corrected chi connectivity index (χ0v) is 8.24. The van der Waals surface area contributed by atoms with Crippen LogP contribution in [-0.2, 0) is 5.41 Å². The zero-order chi connectivity index (χ0) is 9.76. The number of fused-ring (bicyclic) bond motifs is 3. The van der Waals surface area contributed by atoms with E-state index in [9.17, 15) is 0 Å². The quantitative estimate of drug-likeness (QED) is 0.630. The van der Waals surface area contributed by atoms with Crippen molar-refractivity contribution < 1.29 is 4.42 Å². The highest BCUT2D eigenvalue weighted by Gasteiger charge is 2.37. The van der Waals surface area contributed by atoms with Crippen LogP contribution in [0, 0.1) is 0 Å². The number of rotatable bonds is 0. The molecular formula is C12H11NO. The topological polar surface area (TPSA) is 26.0 Å². The number of pyridine rings is 1. The van der Waals surface area contributed by atoms with Gasteiger partial charge in [0.2, 0.25) is 0 Å². The lowest BCUT2D eigenvalue weighted by Crippen LogP contribution is -2.14. The van der Waals surface area contributed by atoms with E-state index >= 15 is 0 Å². The van der Waals surface area contributed by atoms with Gasteiger partial charge < -0.3 is 4.42 Å². The maximum Gasteiger partial charge on any atom is 0.1000 e. The monoisotopic (exact) mass is 185 g/mol. The van der Waals surface area contributed by atoms with E-state index in [1.54, 1.807) is 6.26 Å². The smallest absolute Gasteiger partial charge is 0.1000 e. The first-order chi connectivity index (χ1) is 6.71. The number of aromatic nitrogens is 1. The molecule has 2 heteroatoms. The number of furan rings is 1. The molecule has 0 aliphatic heterocycles. The Bertz CT molecular complexity index is 497. The molecule has 2 nitrogen and oxygen atoms in total. The van der Waals surface area contributed by atoms with Crippen molar-refractivity contribution in [3.63, 3.8) is 0 Å². The summed E-state index contributed by atoms with van der Waals surface area (Å²) in [5, 5.41) is 0. The average molecular weight is 185 g/mol. The molecule has 0 N–H and O–H groups in total. The first-order valence-electron chi connectivity index (χ1n) is 4.74. The van der Waals surface area contributed by atoms with E-state index in [4.69, 9.17) is 4.42 Å². The van der Waals surface area contributed by atoms with Gasteiger partial charge in [-0.3, -0.25) is 4.98 Å². The Morgan fingerprint density at radius 2 is 2.07 bits per heavy atom. The van der Waals surface area contributed by atoms with E-state index in [0.717, 1.165) is 11.3 Å². The van der Waals surface area contributed by atoms with Crippen LogP contribution in [0.5, 0.6) is 0 Å². The van der Waals surface area contributed by atoms with E-state index in [-0.39, 0.29) is 5.41 Å². The third kappa shape index (κ3) is 0.739. The van der Waals surface area contributed by atoms with Crippen LogP contribution in [0.3, 0.4) is 0 Å². The van der Waals surface area contributed by atoms with Gasteiger partial charge in [0.15, 0.2) is 0 Å². The summed E-state index contributed by atoms with van der Waals surface area (Å²) in [6.07, 6.45) is 5.45. The summed E-state index contributed by atoms with van der Waals surface area (Å²) in [6, 6.07) is 4.13. The molecule has 0 bridgehead atoms. The van der Waals surface area contributed by atoms with Gasteiger partial charge in [-0.1, -0.05) is 19.9 Å². The molecule has 2 heterocycles. The van der Waals surface area contributed by atoms with E-state index in [1.807, 2.05) is 18.5 Å². The first kappa shape index (κ1) is 7.80. The summed E-state index contributed by atoms with van der Waals surface area (Å²) in [5.74, 6) is 0. The minimum Gasteiger partial charge on any atom is -0.472 e. The van der Waals surface area contributed by atoms with Gasteiger partial charge in [-0.2, -0.15) is 0 Å². The summed E-state index contributed by atoms with van der Waals surface area (Å²) in [5.41, 5.74) is 4.78. The predicted molar refractivity (Wildman–Crippen MR) is 54.1 cm³/mol. The van der Waals surface area contributed by atoms with Crippen molar-refractivity contribution in [3.8, 4) is 11.3 Å². The zero-order valence-electron chi connectivity index (χ0n) is 8.24. The third-order valence-electron chi connectivity index (χ3n) is 3.07.